The van der Waals surface area contributed by atoms with Gasteiger partial charge in [-0.15, -0.1) is 0 Å². The van der Waals surface area contributed by atoms with Crippen LogP contribution < -0.4 is 0 Å². The summed E-state index contributed by atoms with van der Waals surface area (Å²) in [6.45, 7) is 2.17. The third kappa shape index (κ3) is 3.03. The Morgan fingerprint density at radius 2 is 0.805 bits per heavy atom. The first-order valence-corrected chi connectivity index (χ1v) is 14.2. The molecular formula is C38H27N3. The molecule has 0 bridgehead atoms. The van der Waals surface area contributed by atoms with E-state index >= 15 is 0 Å². The lowest BCUT2D eigenvalue weighted by Crippen LogP contribution is -1.94. The molecule has 3 heterocycles. The number of nitrogens with zero attached hydrogens (tertiary/aromatic N) is 3. The number of fused-ring (bicyclic) bond motifs is 9. The fourth-order valence-corrected chi connectivity index (χ4v) is 7.03. The number of benzene rings is 6. The lowest BCUT2D eigenvalue weighted by Gasteiger charge is -2.10. The molecule has 0 radical (unpaired) electrons. The Bertz CT molecular complexity index is 2450. The molecule has 6 aromatic carbocycles. The van der Waals surface area contributed by atoms with Gasteiger partial charge in [0.15, 0.2) is 0 Å². The molecule has 9 rings (SSSR count). The average Bonchev–Trinajstić information content (AvgIpc) is 3.62. The molecule has 0 amide bonds. The molecule has 0 spiro atoms. The van der Waals surface area contributed by atoms with Crippen molar-refractivity contribution < 1.29 is 0 Å². The van der Waals surface area contributed by atoms with Crippen molar-refractivity contribution in [3.05, 3.63) is 133 Å². The highest BCUT2D eigenvalue weighted by molar-refractivity contribution is 6.13. The molecule has 0 saturated carbocycles. The van der Waals surface area contributed by atoms with Crippen molar-refractivity contribution in [1.82, 2.24) is 13.7 Å². The molecule has 0 N–H and O–H groups in total. The SMILES string of the molecule is Cc1ccc2c3ccccc3n(-c3ccc4c(c3)c3cc(-n5c6ccccc6c6ccccc65)ccc3n4C)c2c1. The van der Waals surface area contributed by atoms with Crippen LogP contribution in [0.25, 0.3) is 76.8 Å². The zero-order valence-corrected chi connectivity index (χ0v) is 23.0. The number of aryl methyl sites for hydroxylation is 2. The Balaban J connectivity index is 1.34. The van der Waals surface area contributed by atoms with Crippen LogP contribution in [0.5, 0.6) is 0 Å². The highest BCUT2D eigenvalue weighted by Crippen LogP contribution is 2.38. The minimum atomic E-state index is 1.18. The molecule has 3 heteroatoms. The van der Waals surface area contributed by atoms with Gasteiger partial charge in [0.1, 0.15) is 0 Å². The first-order valence-electron chi connectivity index (χ1n) is 14.2. The molecule has 0 fully saturated rings. The van der Waals surface area contributed by atoms with E-state index < -0.39 is 0 Å². The van der Waals surface area contributed by atoms with E-state index in [9.17, 15) is 0 Å². The van der Waals surface area contributed by atoms with Gasteiger partial charge in [0, 0.05) is 61.8 Å². The highest BCUT2D eigenvalue weighted by Gasteiger charge is 2.17. The summed E-state index contributed by atoms with van der Waals surface area (Å²) < 4.78 is 7.15. The van der Waals surface area contributed by atoms with Gasteiger partial charge >= 0.3 is 0 Å². The first-order chi connectivity index (χ1) is 20.2. The van der Waals surface area contributed by atoms with Crippen LogP contribution in [0.2, 0.25) is 0 Å². The van der Waals surface area contributed by atoms with E-state index in [1.807, 2.05) is 0 Å². The van der Waals surface area contributed by atoms with Crippen molar-refractivity contribution in [2.75, 3.05) is 0 Å². The standard InChI is InChI=1S/C38H27N3/c1-24-15-18-30-29-11-5-8-14-37(29)41(38(30)21-24)26-17-20-34-32(23-26)31-22-25(16-19-33(31)39(34)2)40-35-12-6-3-9-27(35)28-10-4-7-13-36(28)40/h3-23H,1-2H3. The summed E-state index contributed by atoms with van der Waals surface area (Å²) in [6, 6.07) is 46.8. The average molecular weight is 526 g/mol. The quantitative estimate of drug-likeness (QED) is 0.213. The lowest BCUT2D eigenvalue weighted by molar-refractivity contribution is 1.01. The Morgan fingerprint density at radius 1 is 0.366 bits per heavy atom. The van der Waals surface area contributed by atoms with E-state index in [0.29, 0.717) is 0 Å². The molecule has 0 unspecified atom stereocenters. The molecule has 194 valence electrons. The van der Waals surface area contributed by atoms with E-state index in [2.05, 4.69) is 155 Å². The van der Waals surface area contributed by atoms with Crippen molar-refractivity contribution in [2.24, 2.45) is 7.05 Å². The highest BCUT2D eigenvalue weighted by atomic mass is 15.0. The van der Waals surface area contributed by atoms with E-state index in [1.54, 1.807) is 0 Å². The third-order valence-electron chi connectivity index (χ3n) is 8.90. The summed E-state index contributed by atoms with van der Waals surface area (Å²) >= 11 is 0. The number of aromatic nitrogens is 3. The number of hydrogen-bond acceptors (Lipinski definition) is 0. The van der Waals surface area contributed by atoms with Crippen molar-refractivity contribution in [3.8, 4) is 11.4 Å². The maximum atomic E-state index is 2.42. The first kappa shape index (κ1) is 22.5. The van der Waals surface area contributed by atoms with Gasteiger partial charge in [-0.1, -0.05) is 66.7 Å². The Kier molecular flexibility index (Phi) is 4.46. The number of hydrogen-bond donors (Lipinski definition) is 0. The van der Waals surface area contributed by atoms with Gasteiger partial charge in [-0.05, 0) is 73.2 Å². The van der Waals surface area contributed by atoms with Crippen LogP contribution >= 0.6 is 0 Å². The largest absolute Gasteiger partial charge is 0.344 e. The second-order valence-electron chi connectivity index (χ2n) is 11.2. The van der Waals surface area contributed by atoms with Crippen LogP contribution in [0.3, 0.4) is 0 Å². The second kappa shape index (κ2) is 8.12. The van der Waals surface area contributed by atoms with Gasteiger partial charge < -0.3 is 13.7 Å². The normalized spacial score (nSPS) is 12.1. The van der Waals surface area contributed by atoms with Crippen LogP contribution in [0.1, 0.15) is 5.56 Å². The Labute approximate surface area is 237 Å². The Morgan fingerprint density at radius 3 is 1.32 bits per heavy atom. The maximum Gasteiger partial charge on any atom is 0.0543 e. The van der Waals surface area contributed by atoms with E-state index in [-0.39, 0.29) is 0 Å². The minimum Gasteiger partial charge on any atom is -0.344 e. The summed E-state index contributed by atoms with van der Waals surface area (Å²) in [5, 5.41) is 7.67. The predicted molar refractivity (Wildman–Crippen MR) is 174 cm³/mol. The van der Waals surface area contributed by atoms with Crippen LogP contribution in [0.4, 0.5) is 0 Å². The third-order valence-corrected chi connectivity index (χ3v) is 8.90. The molecule has 0 aliphatic heterocycles. The molecule has 9 aromatic rings. The molecule has 41 heavy (non-hydrogen) atoms. The molecule has 3 aromatic heterocycles. The molecule has 0 atom stereocenters. The smallest absolute Gasteiger partial charge is 0.0543 e. The van der Waals surface area contributed by atoms with Crippen LogP contribution in [0.15, 0.2) is 127 Å². The lowest BCUT2D eigenvalue weighted by atomic mass is 10.1. The van der Waals surface area contributed by atoms with Gasteiger partial charge in [-0.25, -0.2) is 0 Å². The molecule has 0 aliphatic carbocycles. The summed E-state index contributed by atoms with van der Waals surface area (Å²) in [5.41, 5.74) is 11.0. The van der Waals surface area contributed by atoms with Gasteiger partial charge in [-0.3, -0.25) is 0 Å². The Hall–Kier alpha value is -5.28. The van der Waals surface area contributed by atoms with E-state index in [4.69, 9.17) is 0 Å². The summed E-state index contributed by atoms with van der Waals surface area (Å²) in [4.78, 5) is 0. The van der Waals surface area contributed by atoms with Crippen LogP contribution in [-0.4, -0.2) is 13.7 Å². The fraction of sp³-hybridized carbons (Fsp3) is 0.0526. The van der Waals surface area contributed by atoms with Crippen molar-refractivity contribution >= 4 is 65.4 Å². The summed E-state index contributed by atoms with van der Waals surface area (Å²) in [5.74, 6) is 0. The zero-order valence-electron chi connectivity index (χ0n) is 23.0. The fourth-order valence-electron chi connectivity index (χ4n) is 7.03. The van der Waals surface area contributed by atoms with Crippen molar-refractivity contribution in [3.63, 3.8) is 0 Å². The van der Waals surface area contributed by atoms with E-state index in [0.717, 1.165) is 0 Å². The van der Waals surface area contributed by atoms with Gasteiger partial charge in [0.2, 0.25) is 0 Å². The predicted octanol–water partition coefficient (Wildman–Crippen LogP) is 9.83. The summed E-state index contributed by atoms with van der Waals surface area (Å²) in [7, 11) is 2.17. The molecule has 3 nitrogen and oxygen atoms in total. The van der Waals surface area contributed by atoms with Gasteiger partial charge in [0.05, 0.1) is 22.1 Å². The molecule has 0 aliphatic rings. The summed E-state index contributed by atoms with van der Waals surface area (Å²) in [6.07, 6.45) is 0. The monoisotopic (exact) mass is 525 g/mol. The van der Waals surface area contributed by atoms with Crippen LogP contribution in [0, 0.1) is 6.92 Å². The van der Waals surface area contributed by atoms with Crippen molar-refractivity contribution in [2.45, 2.75) is 6.92 Å². The second-order valence-corrected chi connectivity index (χ2v) is 11.2. The topological polar surface area (TPSA) is 14.8 Å². The van der Waals surface area contributed by atoms with Gasteiger partial charge in [-0.2, -0.15) is 0 Å². The maximum absolute atomic E-state index is 2.42. The zero-order chi connectivity index (χ0) is 27.2. The van der Waals surface area contributed by atoms with E-state index in [1.165, 1.54) is 82.4 Å². The van der Waals surface area contributed by atoms with Gasteiger partial charge in [0.25, 0.3) is 0 Å². The van der Waals surface area contributed by atoms with Crippen molar-refractivity contribution in [1.29, 1.82) is 0 Å². The number of rotatable bonds is 2. The number of para-hydroxylation sites is 3. The minimum absolute atomic E-state index is 1.18. The molecule has 0 saturated heterocycles. The molecular weight excluding hydrogens is 498 g/mol. The van der Waals surface area contributed by atoms with Crippen LogP contribution in [-0.2, 0) is 7.05 Å².